The van der Waals surface area contributed by atoms with E-state index >= 15 is 0 Å². The van der Waals surface area contributed by atoms with Crippen LogP contribution in [0.4, 0.5) is 5.69 Å². The summed E-state index contributed by atoms with van der Waals surface area (Å²) in [5, 5.41) is 7.20. The van der Waals surface area contributed by atoms with Gasteiger partial charge in [-0.15, -0.1) is 0 Å². The van der Waals surface area contributed by atoms with E-state index < -0.39 is 0 Å². The van der Waals surface area contributed by atoms with Crippen molar-refractivity contribution in [1.29, 1.82) is 0 Å². The third kappa shape index (κ3) is 3.65. The first-order valence-corrected chi connectivity index (χ1v) is 8.86. The number of aromatic nitrogens is 3. The van der Waals surface area contributed by atoms with E-state index in [0.717, 1.165) is 25.3 Å². The largest absolute Gasteiger partial charge is 0.322 e. The topological polar surface area (TPSA) is 63.1 Å². The van der Waals surface area contributed by atoms with Gasteiger partial charge in [0.25, 0.3) is 5.91 Å². The van der Waals surface area contributed by atoms with E-state index in [0.29, 0.717) is 11.3 Å². The van der Waals surface area contributed by atoms with Crippen molar-refractivity contribution in [3.63, 3.8) is 0 Å². The SMILES string of the molecule is O=C(Nc1cccc(CN2CCCC2)c1)c1ccncc1-n1cccn1. The van der Waals surface area contributed by atoms with Crippen LogP contribution in [0.15, 0.2) is 61.2 Å². The number of likely N-dealkylation sites (tertiary alicyclic amines) is 1. The van der Waals surface area contributed by atoms with Gasteiger partial charge in [0.1, 0.15) is 0 Å². The molecule has 0 spiro atoms. The molecule has 3 heterocycles. The van der Waals surface area contributed by atoms with Crippen molar-refractivity contribution in [1.82, 2.24) is 19.7 Å². The van der Waals surface area contributed by atoms with Gasteiger partial charge in [0.15, 0.2) is 0 Å². The number of benzene rings is 1. The van der Waals surface area contributed by atoms with Crippen LogP contribution in [0.5, 0.6) is 0 Å². The monoisotopic (exact) mass is 347 g/mol. The summed E-state index contributed by atoms with van der Waals surface area (Å²) in [6.45, 7) is 3.24. The van der Waals surface area contributed by atoms with E-state index in [1.54, 1.807) is 35.5 Å². The van der Waals surface area contributed by atoms with Gasteiger partial charge in [-0.05, 0) is 55.8 Å². The molecule has 4 rings (SSSR count). The molecule has 1 aliphatic rings. The highest BCUT2D eigenvalue weighted by atomic mass is 16.1. The molecule has 0 saturated carbocycles. The molecule has 6 heteroatoms. The summed E-state index contributed by atoms with van der Waals surface area (Å²) in [7, 11) is 0. The number of anilines is 1. The van der Waals surface area contributed by atoms with Gasteiger partial charge in [0.2, 0.25) is 0 Å². The van der Waals surface area contributed by atoms with Gasteiger partial charge in [0.05, 0.1) is 17.4 Å². The standard InChI is InChI=1S/C20H21N5O/c26-20(18-7-9-21-14-19(18)25-12-4-8-22-25)23-17-6-3-5-16(13-17)15-24-10-1-2-11-24/h3-9,12-14H,1-2,10-11,15H2,(H,23,26). The molecule has 2 aromatic heterocycles. The Kier molecular flexibility index (Phi) is 4.75. The molecule has 1 saturated heterocycles. The predicted molar refractivity (Wildman–Crippen MR) is 100 cm³/mol. The maximum atomic E-state index is 12.8. The fourth-order valence-corrected chi connectivity index (χ4v) is 3.32. The van der Waals surface area contributed by atoms with E-state index in [9.17, 15) is 4.79 Å². The van der Waals surface area contributed by atoms with Gasteiger partial charge in [0, 0.05) is 30.8 Å². The molecule has 1 aromatic carbocycles. The lowest BCUT2D eigenvalue weighted by atomic mass is 10.1. The van der Waals surface area contributed by atoms with Crippen molar-refractivity contribution in [3.8, 4) is 5.69 Å². The molecule has 3 aromatic rings. The van der Waals surface area contributed by atoms with Gasteiger partial charge < -0.3 is 5.32 Å². The predicted octanol–water partition coefficient (Wildman–Crippen LogP) is 3.12. The minimum Gasteiger partial charge on any atom is -0.322 e. The van der Waals surface area contributed by atoms with Gasteiger partial charge >= 0.3 is 0 Å². The van der Waals surface area contributed by atoms with Crippen molar-refractivity contribution >= 4 is 11.6 Å². The molecule has 1 amide bonds. The van der Waals surface area contributed by atoms with Crippen LogP contribution in [0.25, 0.3) is 5.69 Å². The fraction of sp³-hybridized carbons (Fsp3) is 0.250. The number of nitrogens with zero attached hydrogens (tertiary/aromatic N) is 4. The van der Waals surface area contributed by atoms with Crippen LogP contribution in [0.1, 0.15) is 28.8 Å². The van der Waals surface area contributed by atoms with E-state index in [1.807, 2.05) is 24.3 Å². The molecular weight excluding hydrogens is 326 g/mol. The lowest BCUT2D eigenvalue weighted by Gasteiger charge is -2.15. The van der Waals surface area contributed by atoms with E-state index in [4.69, 9.17) is 0 Å². The van der Waals surface area contributed by atoms with E-state index in [-0.39, 0.29) is 5.91 Å². The smallest absolute Gasteiger partial charge is 0.257 e. The fourth-order valence-electron chi connectivity index (χ4n) is 3.32. The Morgan fingerprint density at radius 2 is 2.00 bits per heavy atom. The van der Waals surface area contributed by atoms with Gasteiger partial charge in [-0.2, -0.15) is 5.10 Å². The van der Waals surface area contributed by atoms with Crippen molar-refractivity contribution in [2.24, 2.45) is 0 Å². The lowest BCUT2D eigenvalue weighted by Crippen LogP contribution is -2.19. The maximum absolute atomic E-state index is 12.8. The summed E-state index contributed by atoms with van der Waals surface area (Å²) >= 11 is 0. The molecule has 1 N–H and O–H groups in total. The molecule has 0 aliphatic carbocycles. The van der Waals surface area contributed by atoms with Crippen molar-refractivity contribution < 1.29 is 4.79 Å². The minimum absolute atomic E-state index is 0.170. The number of amides is 1. The first-order chi connectivity index (χ1) is 12.8. The summed E-state index contributed by atoms with van der Waals surface area (Å²) in [4.78, 5) is 19.4. The Morgan fingerprint density at radius 1 is 1.12 bits per heavy atom. The molecule has 0 unspecified atom stereocenters. The van der Waals surface area contributed by atoms with Crippen LogP contribution in [0.2, 0.25) is 0 Å². The quantitative estimate of drug-likeness (QED) is 0.770. The highest BCUT2D eigenvalue weighted by Crippen LogP contribution is 2.18. The Morgan fingerprint density at radius 3 is 2.81 bits per heavy atom. The molecule has 1 aliphatic heterocycles. The highest BCUT2D eigenvalue weighted by molar-refractivity contribution is 6.06. The number of carbonyl (C=O) groups excluding carboxylic acids is 1. The van der Waals surface area contributed by atoms with Gasteiger partial charge in [-0.3, -0.25) is 14.7 Å². The normalized spacial score (nSPS) is 14.5. The number of pyridine rings is 1. The summed E-state index contributed by atoms with van der Waals surface area (Å²) in [6.07, 6.45) is 9.28. The number of carbonyl (C=O) groups is 1. The number of hydrogen-bond donors (Lipinski definition) is 1. The molecule has 0 radical (unpaired) electrons. The Bertz CT molecular complexity index is 885. The Labute approximate surface area is 152 Å². The summed E-state index contributed by atoms with van der Waals surface area (Å²) in [5.41, 5.74) is 3.21. The second-order valence-corrected chi connectivity index (χ2v) is 6.48. The van der Waals surface area contributed by atoms with Crippen molar-refractivity contribution in [2.45, 2.75) is 19.4 Å². The van der Waals surface area contributed by atoms with Crippen LogP contribution < -0.4 is 5.32 Å². The van der Waals surface area contributed by atoms with Gasteiger partial charge in [-0.25, -0.2) is 4.68 Å². The zero-order chi connectivity index (χ0) is 17.8. The summed E-state index contributed by atoms with van der Waals surface area (Å²) in [6, 6.07) is 11.6. The zero-order valence-electron chi connectivity index (χ0n) is 14.5. The lowest BCUT2D eigenvalue weighted by molar-refractivity contribution is 0.102. The first kappa shape index (κ1) is 16.5. The Hall–Kier alpha value is -2.99. The average molecular weight is 347 g/mol. The molecule has 132 valence electrons. The highest BCUT2D eigenvalue weighted by Gasteiger charge is 2.15. The van der Waals surface area contributed by atoms with Crippen LogP contribution in [-0.4, -0.2) is 38.7 Å². The summed E-state index contributed by atoms with van der Waals surface area (Å²) in [5.74, 6) is -0.170. The average Bonchev–Trinajstić information content (AvgIpc) is 3.36. The molecule has 6 nitrogen and oxygen atoms in total. The molecule has 26 heavy (non-hydrogen) atoms. The van der Waals surface area contributed by atoms with Crippen LogP contribution >= 0.6 is 0 Å². The minimum atomic E-state index is -0.170. The van der Waals surface area contributed by atoms with E-state index in [2.05, 4.69) is 26.4 Å². The van der Waals surface area contributed by atoms with Crippen LogP contribution in [-0.2, 0) is 6.54 Å². The number of rotatable bonds is 5. The van der Waals surface area contributed by atoms with Crippen LogP contribution in [0.3, 0.4) is 0 Å². The third-order valence-electron chi connectivity index (χ3n) is 4.59. The second-order valence-electron chi connectivity index (χ2n) is 6.48. The number of hydrogen-bond acceptors (Lipinski definition) is 4. The molecule has 0 atom stereocenters. The van der Waals surface area contributed by atoms with Crippen molar-refractivity contribution in [3.05, 3.63) is 72.3 Å². The Balaban J connectivity index is 1.52. The maximum Gasteiger partial charge on any atom is 0.257 e. The van der Waals surface area contributed by atoms with Crippen LogP contribution in [0, 0.1) is 0 Å². The second kappa shape index (κ2) is 7.49. The van der Waals surface area contributed by atoms with E-state index in [1.165, 1.54) is 18.4 Å². The number of nitrogens with one attached hydrogen (secondary N) is 1. The van der Waals surface area contributed by atoms with Gasteiger partial charge in [-0.1, -0.05) is 12.1 Å². The van der Waals surface area contributed by atoms with Crippen molar-refractivity contribution in [2.75, 3.05) is 18.4 Å². The first-order valence-electron chi connectivity index (χ1n) is 8.86. The molecule has 0 bridgehead atoms. The summed E-state index contributed by atoms with van der Waals surface area (Å²) < 4.78 is 1.64. The zero-order valence-corrected chi connectivity index (χ0v) is 14.5. The molecule has 1 fully saturated rings. The molecular formula is C20H21N5O. The third-order valence-corrected chi connectivity index (χ3v) is 4.59.